The minimum Gasteiger partial charge on any atom is -0.399 e. The first kappa shape index (κ1) is 12.4. The Morgan fingerprint density at radius 2 is 1.65 bits per heavy atom. The summed E-state index contributed by atoms with van der Waals surface area (Å²) in [6.07, 6.45) is 1.37. The molecule has 1 saturated heterocycles. The average Bonchev–Trinajstić information content (AvgIpc) is 2.28. The zero-order valence-electron chi connectivity index (χ0n) is 11.2. The van der Waals surface area contributed by atoms with Crippen LogP contribution >= 0.6 is 0 Å². The van der Waals surface area contributed by atoms with E-state index in [1.54, 1.807) is 0 Å². The molecular weight excluding hydrogens is 208 g/mol. The van der Waals surface area contributed by atoms with E-state index < -0.39 is 0 Å². The molecule has 3 atom stereocenters. The molecule has 2 rings (SSSR count). The van der Waals surface area contributed by atoms with Crippen LogP contribution in [0.2, 0.25) is 0 Å². The van der Waals surface area contributed by atoms with Crippen LogP contribution in [0.5, 0.6) is 0 Å². The van der Waals surface area contributed by atoms with Crippen molar-refractivity contribution in [1.82, 2.24) is 4.90 Å². The molecule has 0 saturated carbocycles. The zero-order chi connectivity index (χ0) is 12.4. The Bertz CT molecular complexity index is 348. The normalized spacial score (nSPS) is 27.9. The maximum absolute atomic E-state index is 5.74. The van der Waals surface area contributed by atoms with Crippen LogP contribution in [0.15, 0.2) is 24.3 Å². The summed E-state index contributed by atoms with van der Waals surface area (Å²) in [5.74, 6) is 1.63. The van der Waals surface area contributed by atoms with E-state index in [4.69, 9.17) is 5.73 Å². The molecule has 2 N–H and O–H groups in total. The van der Waals surface area contributed by atoms with Crippen molar-refractivity contribution in [3.05, 3.63) is 29.8 Å². The van der Waals surface area contributed by atoms with Crippen molar-refractivity contribution in [3.63, 3.8) is 0 Å². The number of rotatable bonds is 2. The molecule has 0 radical (unpaired) electrons. The van der Waals surface area contributed by atoms with Crippen LogP contribution in [0.4, 0.5) is 5.69 Å². The lowest BCUT2D eigenvalue weighted by atomic mass is 9.90. The molecule has 0 aromatic heterocycles. The predicted molar refractivity (Wildman–Crippen MR) is 73.8 cm³/mol. The first-order valence-electron chi connectivity index (χ1n) is 6.65. The molecular formula is C15H24N2. The second-order valence-corrected chi connectivity index (χ2v) is 5.74. The first-order valence-corrected chi connectivity index (χ1v) is 6.65. The van der Waals surface area contributed by atoms with Gasteiger partial charge in [0.15, 0.2) is 0 Å². The molecule has 1 fully saturated rings. The van der Waals surface area contributed by atoms with Gasteiger partial charge in [-0.3, -0.25) is 4.90 Å². The van der Waals surface area contributed by atoms with Gasteiger partial charge in [-0.05, 0) is 42.9 Å². The highest BCUT2D eigenvalue weighted by molar-refractivity contribution is 5.40. The molecule has 0 amide bonds. The van der Waals surface area contributed by atoms with Crippen molar-refractivity contribution in [2.75, 3.05) is 18.8 Å². The molecule has 2 nitrogen and oxygen atoms in total. The van der Waals surface area contributed by atoms with Crippen molar-refractivity contribution in [1.29, 1.82) is 0 Å². The van der Waals surface area contributed by atoms with Crippen LogP contribution in [0.3, 0.4) is 0 Å². The fourth-order valence-corrected chi connectivity index (χ4v) is 3.01. The molecule has 2 heteroatoms. The fraction of sp³-hybridized carbons (Fsp3) is 0.600. The van der Waals surface area contributed by atoms with Crippen molar-refractivity contribution in [2.45, 2.75) is 33.2 Å². The van der Waals surface area contributed by atoms with E-state index in [1.807, 2.05) is 12.1 Å². The van der Waals surface area contributed by atoms with Crippen LogP contribution in [-0.4, -0.2) is 18.0 Å². The lowest BCUT2D eigenvalue weighted by molar-refractivity contribution is 0.103. The third-order valence-corrected chi connectivity index (χ3v) is 3.86. The summed E-state index contributed by atoms with van der Waals surface area (Å²) in [5.41, 5.74) is 7.96. The molecule has 17 heavy (non-hydrogen) atoms. The largest absolute Gasteiger partial charge is 0.399 e. The standard InChI is InChI=1S/C15H24N2/c1-11-8-12(2)10-17(9-11)13(3)14-4-6-15(16)7-5-14/h4-7,11-13H,8-10,16H2,1-3H3. The number of likely N-dealkylation sites (tertiary alicyclic amines) is 1. The molecule has 94 valence electrons. The number of nitrogens with zero attached hydrogens (tertiary/aromatic N) is 1. The monoisotopic (exact) mass is 232 g/mol. The van der Waals surface area contributed by atoms with Gasteiger partial charge >= 0.3 is 0 Å². The molecule has 0 aliphatic carbocycles. The Balaban J connectivity index is 2.08. The third-order valence-electron chi connectivity index (χ3n) is 3.86. The van der Waals surface area contributed by atoms with Gasteiger partial charge in [-0.25, -0.2) is 0 Å². The van der Waals surface area contributed by atoms with Gasteiger partial charge in [-0.15, -0.1) is 0 Å². The molecule has 3 unspecified atom stereocenters. The summed E-state index contributed by atoms with van der Waals surface area (Å²) >= 11 is 0. The molecule has 1 aromatic rings. The molecule has 1 heterocycles. The lowest BCUT2D eigenvalue weighted by Gasteiger charge is -2.39. The fourth-order valence-electron chi connectivity index (χ4n) is 3.01. The maximum atomic E-state index is 5.74. The Kier molecular flexibility index (Phi) is 3.72. The van der Waals surface area contributed by atoms with E-state index >= 15 is 0 Å². The van der Waals surface area contributed by atoms with E-state index in [-0.39, 0.29) is 0 Å². The van der Waals surface area contributed by atoms with Crippen LogP contribution in [0, 0.1) is 11.8 Å². The van der Waals surface area contributed by atoms with Crippen LogP contribution in [0.1, 0.15) is 38.8 Å². The first-order chi connectivity index (χ1) is 8.06. The van der Waals surface area contributed by atoms with Crippen LogP contribution < -0.4 is 5.73 Å². The third kappa shape index (κ3) is 3.01. The highest BCUT2D eigenvalue weighted by Gasteiger charge is 2.25. The molecule has 1 aliphatic rings. The second kappa shape index (κ2) is 5.09. The quantitative estimate of drug-likeness (QED) is 0.793. The highest BCUT2D eigenvalue weighted by Crippen LogP contribution is 2.29. The number of anilines is 1. The Labute approximate surface area is 105 Å². The zero-order valence-corrected chi connectivity index (χ0v) is 11.2. The maximum Gasteiger partial charge on any atom is 0.0320 e. The topological polar surface area (TPSA) is 29.3 Å². The Morgan fingerprint density at radius 1 is 1.12 bits per heavy atom. The van der Waals surface area contributed by atoms with Gasteiger partial charge in [0.05, 0.1) is 0 Å². The van der Waals surface area contributed by atoms with Gasteiger partial charge in [-0.1, -0.05) is 26.0 Å². The van der Waals surface area contributed by atoms with Crippen molar-refractivity contribution >= 4 is 5.69 Å². The summed E-state index contributed by atoms with van der Waals surface area (Å²) in [6.45, 7) is 9.46. The molecule has 0 spiro atoms. The van der Waals surface area contributed by atoms with E-state index in [1.165, 1.54) is 25.1 Å². The Morgan fingerprint density at radius 3 is 2.18 bits per heavy atom. The van der Waals surface area contributed by atoms with Crippen LogP contribution in [0.25, 0.3) is 0 Å². The number of piperidine rings is 1. The second-order valence-electron chi connectivity index (χ2n) is 5.74. The predicted octanol–water partition coefficient (Wildman–Crippen LogP) is 3.31. The highest BCUT2D eigenvalue weighted by atomic mass is 15.2. The van der Waals surface area contributed by atoms with Crippen molar-refractivity contribution in [3.8, 4) is 0 Å². The number of hydrogen-bond donors (Lipinski definition) is 1. The van der Waals surface area contributed by atoms with E-state index in [0.717, 1.165) is 17.5 Å². The summed E-state index contributed by atoms with van der Waals surface area (Å²) < 4.78 is 0. The average molecular weight is 232 g/mol. The van der Waals surface area contributed by atoms with Crippen molar-refractivity contribution < 1.29 is 0 Å². The van der Waals surface area contributed by atoms with Gasteiger partial charge in [0.25, 0.3) is 0 Å². The lowest BCUT2D eigenvalue weighted by Crippen LogP contribution is -2.40. The number of hydrogen-bond acceptors (Lipinski definition) is 2. The van der Waals surface area contributed by atoms with Gasteiger partial charge < -0.3 is 5.73 Å². The molecule has 1 aromatic carbocycles. The van der Waals surface area contributed by atoms with Gasteiger partial charge in [-0.2, -0.15) is 0 Å². The number of nitrogen functional groups attached to an aromatic ring is 1. The van der Waals surface area contributed by atoms with Crippen molar-refractivity contribution in [2.24, 2.45) is 11.8 Å². The summed E-state index contributed by atoms with van der Waals surface area (Å²) in [6, 6.07) is 8.82. The summed E-state index contributed by atoms with van der Waals surface area (Å²) in [4.78, 5) is 2.60. The van der Waals surface area contributed by atoms with E-state index in [9.17, 15) is 0 Å². The summed E-state index contributed by atoms with van der Waals surface area (Å²) in [7, 11) is 0. The Hall–Kier alpha value is -1.02. The molecule has 0 bridgehead atoms. The number of nitrogens with two attached hydrogens (primary N) is 1. The molecule has 1 aliphatic heterocycles. The van der Waals surface area contributed by atoms with E-state index in [0.29, 0.717) is 6.04 Å². The van der Waals surface area contributed by atoms with Crippen LogP contribution in [-0.2, 0) is 0 Å². The van der Waals surface area contributed by atoms with Gasteiger partial charge in [0, 0.05) is 24.8 Å². The summed E-state index contributed by atoms with van der Waals surface area (Å²) in [5, 5.41) is 0. The minimum atomic E-state index is 0.501. The van der Waals surface area contributed by atoms with Gasteiger partial charge in [0.1, 0.15) is 0 Å². The smallest absolute Gasteiger partial charge is 0.0320 e. The minimum absolute atomic E-state index is 0.501. The SMILES string of the molecule is CC1CC(C)CN(C(C)c2ccc(N)cc2)C1. The van der Waals surface area contributed by atoms with Gasteiger partial charge in [0.2, 0.25) is 0 Å². The van der Waals surface area contributed by atoms with E-state index in [2.05, 4.69) is 37.8 Å². The number of benzene rings is 1.